The first-order chi connectivity index (χ1) is 10.2. The number of carbonyl (C=O) groups excluding carboxylic acids is 1. The van der Waals surface area contributed by atoms with Gasteiger partial charge in [-0.1, -0.05) is 11.6 Å². The Morgan fingerprint density at radius 2 is 2.18 bits per heavy atom. The fourth-order valence-corrected chi connectivity index (χ4v) is 2.20. The number of rotatable bonds is 2. The molecule has 2 atom stereocenters. The highest BCUT2D eigenvalue weighted by molar-refractivity contribution is 6.32. The van der Waals surface area contributed by atoms with Crippen LogP contribution in [0.1, 0.15) is 20.8 Å². The molecule has 9 heteroatoms. The van der Waals surface area contributed by atoms with E-state index >= 15 is 0 Å². The number of ether oxygens (including phenoxy) is 1. The van der Waals surface area contributed by atoms with Gasteiger partial charge in [-0.05, 0) is 20.8 Å². The second-order valence-corrected chi connectivity index (χ2v) is 6.49. The molecule has 2 heterocycles. The van der Waals surface area contributed by atoms with Gasteiger partial charge in [0.1, 0.15) is 17.6 Å². The lowest BCUT2D eigenvalue weighted by atomic mass is 10.2. The SMILES string of the molecule is CC(C)(C)OC(=O)N1CC(O)C(Nc2ncnc(Cl)c2N)C1. The van der Waals surface area contributed by atoms with Crippen LogP contribution in [0.5, 0.6) is 0 Å². The summed E-state index contributed by atoms with van der Waals surface area (Å²) in [5.74, 6) is 0.329. The third-order valence-corrected chi connectivity index (χ3v) is 3.40. The molecule has 2 unspecified atom stereocenters. The molecule has 1 aromatic rings. The molecular weight excluding hydrogens is 310 g/mol. The Hall–Kier alpha value is -1.80. The highest BCUT2D eigenvalue weighted by Crippen LogP contribution is 2.25. The first-order valence-corrected chi connectivity index (χ1v) is 7.23. The Morgan fingerprint density at radius 3 is 2.82 bits per heavy atom. The molecule has 8 nitrogen and oxygen atoms in total. The van der Waals surface area contributed by atoms with Crippen molar-refractivity contribution in [1.29, 1.82) is 0 Å². The quantitative estimate of drug-likeness (QED) is 0.696. The molecule has 122 valence electrons. The van der Waals surface area contributed by atoms with E-state index in [-0.39, 0.29) is 23.9 Å². The van der Waals surface area contributed by atoms with Crippen LogP contribution < -0.4 is 11.1 Å². The summed E-state index contributed by atoms with van der Waals surface area (Å²) in [5.41, 5.74) is 5.39. The van der Waals surface area contributed by atoms with Crippen molar-refractivity contribution in [3.63, 3.8) is 0 Å². The molecule has 1 saturated heterocycles. The summed E-state index contributed by atoms with van der Waals surface area (Å²) < 4.78 is 5.29. The molecule has 0 spiro atoms. The average molecular weight is 330 g/mol. The lowest BCUT2D eigenvalue weighted by molar-refractivity contribution is 0.0270. The molecule has 0 aliphatic carbocycles. The zero-order chi connectivity index (χ0) is 16.5. The van der Waals surface area contributed by atoms with Crippen LogP contribution in [0.25, 0.3) is 0 Å². The van der Waals surface area contributed by atoms with Gasteiger partial charge in [-0.2, -0.15) is 0 Å². The van der Waals surface area contributed by atoms with E-state index in [1.54, 1.807) is 20.8 Å². The van der Waals surface area contributed by atoms with E-state index < -0.39 is 23.8 Å². The van der Waals surface area contributed by atoms with Gasteiger partial charge in [-0.15, -0.1) is 0 Å². The summed E-state index contributed by atoms with van der Waals surface area (Å²) in [6.45, 7) is 5.81. The number of aromatic nitrogens is 2. The van der Waals surface area contributed by atoms with E-state index in [9.17, 15) is 9.90 Å². The van der Waals surface area contributed by atoms with Crippen molar-refractivity contribution in [3.05, 3.63) is 11.5 Å². The Kier molecular flexibility index (Phi) is 4.62. The monoisotopic (exact) mass is 329 g/mol. The summed E-state index contributed by atoms with van der Waals surface area (Å²) >= 11 is 5.82. The molecule has 0 saturated carbocycles. The van der Waals surface area contributed by atoms with E-state index in [4.69, 9.17) is 22.1 Å². The summed E-state index contributed by atoms with van der Waals surface area (Å²) in [4.78, 5) is 21.2. The van der Waals surface area contributed by atoms with E-state index in [0.717, 1.165) is 0 Å². The molecule has 1 aliphatic heterocycles. The minimum atomic E-state index is -0.763. The van der Waals surface area contributed by atoms with E-state index in [0.29, 0.717) is 5.82 Å². The fourth-order valence-electron chi connectivity index (χ4n) is 2.07. The number of nitrogens with zero attached hydrogens (tertiary/aromatic N) is 3. The van der Waals surface area contributed by atoms with Crippen molar-refractivity contribution in [2.75, 3.05) is 24.1 Å². The van der Waals surface area contributed by atoms with Crippen LogP contribution in [0.2, 0.25) is 5.15 Å². The molecule has 1 aromatic heterocycles. The van der Waals surface area contributed by atoms with E-state index in [2.05, 4.69) is 15.3 Å². The largest absolute Gasteiger partial charge is 0.444 e. The number of aliphatic hydroxyl groups is 1. The van der Waals surface area contributed by atoms with Crippen LogP contribution >= 0.6 is 11.6 Å². The van der Waals surface area contributed by atoms with Gasteiger partial charge >= 0.3 is 6.09 Å². The molecule has 1 aliphatic rings. The van der Waals surface area contributed by atoms with Crippen LogP contribution in [0.4, 0.5) is 16.3 Å². The van der Waals surface area contributed by atoms with Gasteiger partial charge < -0.3 is 25.8 Å². The molecule has 0 bridgehead atoms. The van der Waals surface area contributed by atoms with Crippen molar-refractivity contribution >= 4 is 29.2 Å². The molecule has 1 amide bonds. The molecule has 4 N–H and O–H groups in total. The van der Waals surface area contributed by atoms with Crippen molar-refractivity contribution in [2.45, 2.75) is 38.5 Å². The van der Waals surface area contributed by atoms with Crippen LogP contribution in [0, 0.1) is 0 Å². The van der Waals surface area contributed by atoms with Crippen LogP contribution in [-0.4, -0.2) is 56.9 Å². The number of β-amino-alcohol motifs (C(OH)–C–C–N with tert-alkyl or cyclic N) is 1. The average Bonchev–Trinajstić information content (AvgIpc) is 2.75. The molecule has 0 aromatic carbocycles. The van der Waals surface area contributed by atoms with Crippen molar-refractivity contribution in [1.82, 2.24) is 14.9 Å². The third kappa shape index (κ3) is 3.89. The number of nitrogens with one attached hydrogen (secondary N) is 1. The maximum Gasteiger partial charge on any atom is 0.410 e. The number of halogens is 1. The van der Waals surface area contributed by atoms with Gasteiger partial charge in [0.2, 0.25) is 0 Å². The van der Waals surface area contributed by atoms with Gasteiger partial charge in [0.05, 0.1) is 18.7 Å². The zero-order valence-corrected chi connectivity index (χ0v) is 13.5. The lowest BCUT2D eigenvalue weighted by Gasteiger charge is -2.24. The number of likely N-dealkylation sites (tertiary alicyclic amines) is 1. The second-order valence-electron chi connectivity index (χ2n) is 6.13. The smallest absolute Gasteiger partial charge is 0.410 e. The number of hydrogen-bond donors (Lipinski definition) is 3. The summed E-state index contributed by atoms with van der Waals surface area (Å²) in [6.07, 6.45) is 0.0405. The van der Waals surface area contributed by atoms with E-state index in [1.807, 2.05) is 0 Å². The maximum atomic E-state index is 12.0. The maximum absolute atomic E-state index is 12.0. The highest BCUT2D eigenvalue weighted by atomic mass is 35.5. The highest BCUT2D eigenvalue weighted by Gasteiger charge is 2.36. The lowest BCUT2D eigenvalue weighted by Crippen LogP contribution is -2.36. The number of hydrogen-bond acceptors (Lipinski definition) is 7. The van der Waals surface area contributed by atoms with Crippen LogP contribution in [0.15, 0.2) is 6.33 Å². The van der Waals surface area contributed by atoms with Gasteiger partial charge in [-0.3, -0.25) is 0 Å². The first kappa shape index (κ1) is 16.6. The molecule has 1 fully saturated rings. The zero-order valence-electron chi connectivity index (χ0n) is 12.7. The summed E-state index contributed by atoms with van der Waals surface area (Å²) in [6, 6.07) is -0.416. The van der Waals surface area contributed by atoms with Crippen LogP contribution in [0.3, 0.4) is 0 Å². The molecule has 2 rings (SSSR count). The Balaban J connectivity index is 2.02. The summed E-state index contributed by atoms with van der Waals surface area (Å²) in [5, 5.41) is 13.2. The minimum Gasteiger partial charge on any atom is -0.444 e. The van der Waals surface area contributed by atoms with Crippen molar-refractivity contribution in [3.8, 4) is 0 Å². The Morgan fingerprint density at radius 1 is 1.50 bits per heavy atom. The van der Waals surface area contributed by atoms with E-state index in [1.165, 1.54) is 11.2 Å². The normalized spacial score (nSPS) is 21.8. The fraction of sp³-hybridized carbons (Fsp3) is 0.615. The Labute approximate surface area is 133 Å². The number of carbonyl (C=O) groups is 1. The topological polar surface area (TPSA) is 114 Å². The number of nitrogen functional groups attached to an aromatic ring is 1. The molecule has 0 radical (unpaired) electrons. The van der Waals surface area contributed by atoms with Gasteiger partial charge in [0, 0.05) is 6.54 Å². The number of aliphatic hydroxyl groups excluding tert-OH is 1. The summed E-state index contributed by atoms with van der Waals surface area (Å²) in [7, 11) is 0. The van der Waals surface area contributed by atoms with Crippen molar-refractivity contribution in [2.24, 2.45) is 0 Å². The molecule has 22 heavy (non-hydrogen) atoms. The second kappa shape index (κ2) is 6.13. The Bertz CT molecular complexity index is 563. The number of anilines is 2. The van der Waals surface area contributed by atoms with Crippen molar-refractivity contribution < 1.29 is 14.6 Å². The molecular formula is C13H20ClN5O3. The predicted molar refractivity (Wildman–Crippen MR) is 82.7 cm³/mol. The number of nitrogens with two attached hydrogens (primary N) is 1. The third-order valence-electron chi connectivity index (χ3n) is 3.10. The van der Waals surface area contributed by atoms with Gasteiger partial charge in [-0.25, -0.2) is 14.8 Å². The first-order valence-electron chi connectivity index (χ1n) is 6.86. The van der Waals surface area contributed by atoms with Crippen LogP contribution in [-0.2, 0) is 4.74 Å². The minimum absolute atomic E-state index is 0.133. The van der Waals surface area contributed by atoms with Gasteiger partial charge in [0.15, 0.2) is 11.0 Å². The van der Waals surface area contributed by atoms with Gasteiger partial charge in [0.25, 0.3) is 0 Å². The standard InChI is InChI=1S/C13H20ClN5O3/c1-13(2,3)22-12(21)19-4-7(8(20)5-19)18-11-9(15)10(14)16-6-17-11/h6-8,20H,4-5,15H2,1-3H3,(H,16,17,18). The predicted octanol–water partition coefficient (Wildman–Crippen LogP) is 1.10. The number of amides is 1.